The predicted molar refractivity (Wildman–Crippen MR) is 146 cm³/mol. The second-order valence-corrected chi connectivity index (χ2v) is 8.96. The van der Waals surface area contributed by atoms with E-state index in [9.17, 15) is 14.4 Å². The summed E-state index contributed by atoms with van der Waals surface area (Å²) in [5.41, 5.74) is 14.0. The number of aromatic nitrogens is 2. The number of Topliss-reactive ketones (excluding diaryl/α,β-unsaturated/α-hetero) is 1. The molecule has 3 heterocycles. The molecule has 10 heteroatoms. The topological polar surface area (TPSA) is 141 Å². The highest BCUT2D eigenvalue weighted by Crippen LogP contribution is 2.20. The number of rotatable bonds is 4. The molecule has 0 bridgehead atoms. The van der Waals surface area contributed by atoms with Gasteiger partial charge in [0.2, 0.25) is 0 Å². The Morgan fingerprint density at radius 2 is 1.53 bits per heavy atom. The van der Waals surface area contributed by atoms with Gasteiger partial charge in [0, 0.05) is 0 Å². The lowest BCUT2D eigenvalue weighted by molar-refractivity contribution is -0.137. The molecule has 5 N–H and O–H groups in total. The summed E-state index contributed by atoms with van der Waals surface area (Å²) in [5.74, 6) is -1.34. The van der Waals surface area contributed by atoms with E-state index in [0.29, 0.717) is 21.9 Å². The molecule has 0 fully saturated rings. The Hall–Kier alpha value is -4.28. The maximum absolute atomic E-state index is 11.8. The third-order valence-electron chi connectivity index (χ3n) is 4.56. The lowest BCUT2D eigenvalue weighted by atomic mass is 10.3. The molecule has 8 nitrogen and oxygen atoms in total. The Labute approximate surface area is 215 Å². The fourth-order valence-electron chi connectivity index (χ4n) is 2.83. The number of ketones is 1. The highest BCUT2D eigenvalue weighted by Gasteiger charge is 2.17. The number of nitrogens with two attached hydrogens (primary N) is 2. The van der Waals surface area contributed by atoms with Crippen molar-refractivity contribution in [2.45, 2.75) is 6.92 Å². The van der Waals surface area contributed by atoms with Crippen molar-refractivity contribution in [3.8, 4) is 10.6 Å². The number of H-pyrrole nitrogens is 1. The van der Waals surface area contributed by atoms with Gasteiger partial charge in [0.1, 0.15) is 5.69 Å². The van der Waals surface area contributed by atoms with Crippen molar-refractivity contribution < 1.29 is 14.3 Å². The van der Waals surface area contributed by atoms with E-state index in [1.165, 1.54) is 22.7 Å². The Kier molecular flexibility index (Phi) is 9.49. The van der Waals surface area contributed by atoms with Crippen molar-refractivity contribution >= 4 is 56.8 Å². The summed E-state index contributed by atoms with van der Waals surface area (Å²) in [6.07, 6.45) is 0. The SMILES string of the molecule is CCOC(=O)C(=O)c1cccs1.Nc1ccccc1N.O=c1[nH]c2ccccc2nc1-c1cccs1. The van der Waals surface area contributed by atoms with Crippen LogP contribution in [-0.4, -0.2) is 28.3 Å². The normalized spacial score (nSPS) is 9.92. The number of thiophene rings is 2. The molecule has 0 unspecified atom stereocenters. The quantitative estimate of drug-likeness (QED) is 0.131. The first-order valence-electron chi connectivity index (χ1n) is 10.8. The fraction of sp³-hybridized carbons (Fsp3) is 0.0769. The van der Waals surface area contributed by atoms with E-state index in [4.69, 9.17) is 11.5 Å². The largest absolute Gasteiger partial charge is 0.460 e. The molecule has 0 atom stereocenters. The molecule has 0 aliphatic heterocycles. The number of carbonyl (C=O) groups is 2. The molecule has 0 aliphatic carbocycles. The minimum Gasteiger partial charge on any atom is -0.460 e. The summed E-state index contributed by atoms with van der Waals surface area (Å²) in [6.45, 7) is 1.90. The lowest BCUT2D eigenvalue weighted by Crippen LogP contribution is -2.16. The van der Waals surface area contributed by atoms with Crippen molar-refractivity contribution in [3.05, 3.63) is 98.8 Å². The molecule has 0 aliphatic rings. The van der Waals surface area contributed by atoms with Gasteiger partial charge in [0.05, 0.1) is 38.8 Å². The van der Waals surface area contributed by atoms with Crippen LogP contribution in [0, 0.1) is 0 Å². The van der Waals surface area contributed by atoms with Crippen molar-refractivity contribution in [2.24, 2.45) is 0 Å². The first-order valence-corrected chi connectivity index (χ1v) is 12.5. The van der Waals surface area contributed by atoms with Crippen LogP contribution >= 0.6 is 22.7 Å². The molecule has 5 rings (SSSR count). The van der Waals surface area contributed by atoms with E-state index < -0.39 is 11.8 Å². The van der Waals surface area contributed by atoms with E-state index in [1.807, 2.05) is 53.9 Å². The van der Waals surface area contributed by atoms with Crippen molar-refractivity contribution in [3.63, 3.8) is 0 Å². The Morgan fingerprint density at radius 1 is 0.889 bits per heavy atom. The van der Waals surface area contributed by atoms with Crippen LogP contribution in [0.2, 0.25) is 0 Å². The van der Waals surface area contributed by atoms with Crippen LogP contribution in [-0.2, 0) is 9.53 Å². The van der Waals surface area contributed by atoms with E-state index in [2.05, 4.69) is 14.7 Å². The number of para-hydroxylation sites is 4. The molecule has 2 aromatic carbocycles. The highest BCUT2D eigenvalue weighted by atomic mass is 32.1. The minimum absolute atomic E-state index is 0.138. The van der Waals surface area contributed by atoms with Gasteiger partial charge in [-0.05, 0) is 54.1 Å². The zero-order valence-electron chi connectivity index (χ0n) is 19.3. The number of esters is 1. The van der Waals surface area contributed by atoms with Gasteiger partial charge in [-0.25, -0.2) is 9.78 Å². The second-order valence-electron chi connectivity index (χ2n) is 7.06. The average Bonchev–Trinajstić information content (AvgIpc) is 3.61. The number of carbonyl (C=O) groups excluding carboxylic acids is 2. The van der Waals surface area contributed by atoms with E-state index in [-0.39, 0.29) is 12.2 Å². The van der Waals surface area contributed by atoms with Crippen LogP contribution in [0.5, 0.6) is 0 Å². The van der Waals surface area contributed by atoms with Crippen LogP contribution in [0.4, 0.5) is 11.4 Å². The molecule has 0 amide bonds. The van der Waals surface area contributed by atoms with Gasteiger partial charge in [0.25, 0.3) is 11.3 Å². The monoisotopic (exact) mass is 520 g/mol. The van der Waals surface area contributed by atoms with Gasteiger partial charge in [-0.1, -0.05) is 36.4 Å². The van der Waals surface area contributed by atoms with E-state index in [1.54, 1.807) is 36.6 Å². The van der Waals surface area contributed by atoms with Crippen LogP contribution in [0.3, 0.4) is 0 Å². The molecular weight excluding hydrogens is 496 g/mol. The first kappa shape index (κ1) is 26.3. The number of ether oxygens (including phenoxy) is 1. The van der Waals surface area contributed by atoms with Crippen molar-refractivity contribution in [1.29, 1.82) is 0 Å². The zero-order valence-corrected chi connectivity index (χ0v) is 21.0. The maximum atomic E-state index is 11.8. The number of nitrogen functional groups attached to an aromatic ring is 2. The molecule has 184 valence electrons. The molecule has 3 aromatic heterocycles. The number of nitrogens with one attached hydrogen (secondary N) is 1. The zero-order chi connectivity index (χ0) is 25.9. The number of aromatic amines is 1. The Balaban J connectivity index is 0.000000160. The summed E-state index contributed by atoms with van der Waals surface area (Å²) in [5, 5.41) is 3.68. The number of hydrogen-bond acceptors (Lipinski definition) is 9. The van der Waals surface area contributed by atoms with Gasteiger partial charge < -0.3 is 21.2 Å². The smallest absolute Gasteiger partial charge is 0.380 e. The number of anilines is 2. The van der Waals surface area contributed by atoms with Gasteiger partial charge in [-0.3, -0.25) is 9.59 Å². The summed E-state index contributed by atoms with van der Waals surface area (Å²) >= 11 is 2.75. The third kappa shape index (κ3) is 7.11. The first-order chi connectivity index (χ1) is 17.4. The summed E-state index contributed by atoms with van der Waals surface area (Å²) in [7, 11) is 0. The van der Waals surface area contributed by atoms with Crippen molar-refractivity contribution in [1.82, 2.24) is 9.97 Å². The molecule has 0 radical (unpaired) electrons. The lowest BCUT2D eigenvalue weighted by Gasteiger charge is -1.99. The Bertz CT molecular complexity index is 1460. The summed E-state index contributed by atoms with van der Waals surface area (Å²) < 4.78 is 4.55. The Morgan fingerprint density at radius 3 is 2.11 bits per heavy atom. The van der Waals surface area contributed by atoms with Gasteiger partial charge in [-0.15, -0.1) is 22.7 Å². The minimum atomic E-state index is -0.778. The molecule has 36 heavy (non-hydrogen) atoms. The summed E-state index contributed by atoms with van der Waals surface area (Å²) in [4.78, 5) is 42.4. The van der Waals surface area contributed by atoms with Gasteiger partial charge in [0.15, 0.2) is 0 Å². The molecular formula is C26H24N4O4S2. The number of fused-ring (bicyclic) bond motifs is 1. The van der Waals surface area contributed by atoms with Crippen LogP contribution in [0.25, 0.3) is 21.6 Å². The predicted octanol–water partition coefficient (Wildman–Crippen LogP) is 5.00. The highest BCUT2D eigenvalue weighted by molar-refractivity contribution is 7.13. The van der Waals surface area contributed by atoms with E-state index in [0.717, 1.165) is 15.9 Å². The standard InChI is InChI=1S/C12H8N2OS.C8H8O3S.C6H8N2/c15-12-11(10-6-3-7-16-10)13-8-4-1-2-5-9(8)14-12;1-2-11-8(10)7(9)6-4-3-5-12-6;7-5-3-1-2-4-6(5)8/h1-7H,(H,14,15);3-5H,2H2,1H3;1-4H,7-8H2. The maximum Gasteiger partial charge on any atom is 0.380 e. The van der Waals surface area contributed by atoms with Crippen LogP contribution in [0.15, 0.2) is 88.4 Å². The molecule has 5 aromatic rings. The number of nitrogens with zero attached hydrogens (tertiary/aromatic N) is 1. The van der Waals surface area contributed by atoms with Crippen LogP contribution < -0.4 is 17.0 Å². The number of hydrogen-bond donors (Lipinski definition) is 3. The fourth-order valence-corrected chi connectivity index (χ4v) is 4.19. The molecule has 0 saturated carbocycles. The third-order valence-corrected chi connectivity index (χ3v) is 6.30. The second kappa shape index (κ2) is 13.0. The average molecular weight is 521 g/mol. The molecule has 0 saturated heterocycles. The van der Waals surface area contributed by atoms with Gasteiger partial charge >= 0.3 is 5.97 Å². The van der Waals surface area contributed by atoms with Crippen molar-refractivity contribution in [2.75, 3.05) is 18.1 Å². The number of benzene rings is 2. The van der Waals surface area contributed by atoms with Crippen LogP contribution in [0.1, 0.15) is 16.6 Å². The molecule has 0 spiro atoms. The van der Waals surface area contributed by atoms with E-state index >= 15 is 0 Å². The summed E-state index contributed by atoms with van der Waals surface area (Å²) in [6, 6.07) is 21.9. The van der Waals surface area contributed by atoms with Gasteiger partial charge in [-0.2, -0.15) is 0 Å².